The van der Waals surface area contributed by atoms with Gasteiger partial charge in [-0.1, -0.05) is 18.2 Å². The number of benzene rings is 2. The van der Waals surface area contributed by atoms with Crippen LogP contribution in [0.5, 0.6) is 11.5 Å². The summed E-state index contributed by atoms with van der Waals surface area (Å²) in [4.78, 5) is 14.7. The van der Waals surface area contributed by atoms with Gasteiger partial charge >= 0.3 is 0 Å². The van der Waals surface area contributed by atoms with Gasteiger partial charge in [0.05, 0.1) is 32.1 Å². The fourth-order valence-corrected chi connectivity index (χ4v) is 3.57. The predicted molar refractivity (Wildman–Crippen MR) is 113 cm³/mol. The van der Waals surface area contributed by atoms with Crippen LogP contribution < -0.4 is 25.0 Å². The Bertz CT molecular complexity index is 836. The molecule has 2 N–H and O–H groups in total. The lowest BCUT2D eigenvalue weighted by Gasteiger charge is -2.41. The monoisotopic (exact) mass is 383 g/mol. The van der Waals surface area contributed by atoms with E-state index in [1.54, 1.807) is 14.2 Å². The van der Waals surface area contributed by atoms with Crippen LogP contribution >= 0.6 is 0 Å². The summed E-state index contributed by atoms with van der Waals surface area (Å²) in [5, 5.41) is 6.56. The van der Waals surface area contributed by atoms with Crippen LogP contribution in [0.2, 0.25) is 0 Å². The summed E-state index contributed by atoms with van der Waals surface area (Å²) in [6.07, 6.45) is 0.732. The van der Waals surface area contributed by atoms with Gasteiger partial charge < -0.3 is 25.0 Å². The zero-order valence-corrected chi connectivity index (χ0v) is 17.0. The van der Waals surface area contributed by atoms with Crippen molar-refractivity contribution in [3.63, 3.8) is 0 Å². The first-order valence-corrected chi connectivity index (χ1v) is 9.51. The quantitative estimate of drug-likeness (QED) is 0.769. The highest BCUT2D eigenvalue weighted by Crippen LogP contribution is 2.33. The molecule has 28 heavy (non-hydrogen) atoms. The maximum absolute atomic E-state index is 12.5. The molecule has 0 aliphatic carbocycles. The number of hydrogen-bond acceptors (Lipinski definition) is 5. The van der Waals surface area contributed by atoms with Gasteiger partial charge in [0.2, 0.25) is 5.91 Å². The molecule has 0 saturated carbocycles. The number of carbonyl (C=O) groups is 1. The topological polar surface area (TPSA) is 62.8 Å². The number of methoxy groups -OCH3 is 2. The lowest BCUT2D eigenvalue weighted by molar-refractivity contribution is -0.119. The zero-order chi connectivity index (χ0) is 20.1. The second-order valence-electron chi connectivity index (χ2n) is 7.67. The average molecular weight is 383 g/mol. The van der Waals surface area contributed by atoms with Crippen molar-refractivity contribution >= 4 is 17.3 Å². The maximum atomic E-state index is 12.5. The van der Waals surface area contributed by atoms with E-state index in [4.69, 9.17) is 9.47 Å². The third-order valence-electron chi connectivity index (χ3n) is 4.82. The Morgan fingerprint density at radius 2 is 1.89 bits per heavy atom. The summed E-state index contributed by atoms with van der Waals surface area (Å²) in [6.45, 7) is 5.97. The summed E-state index contributed by atoms with van der Waals surface area (Å²) in [5.41, 5.74) is 3.13. The molecule has 0 spiro atoms. The molecular formula is C22H29N3O3. The van der Waals surface area contributed by atoms with Crippen molar-refractivity contribution < 1.29 is 14.3 Å². The molecule has 0 radical (unpaired) electrons. The number of carbonyl (C=O) groups excluding carboxylic acids is 1. The first-order valence-electron chi connectivity index (χ1n) is 9.51. The molecule has 0 aromatic heterocycles. The third-order valence-corrected chi connectivity index (χ3v) is 4.82. The molecule has 2 aromatic rings. The van der Waals surface area contributed by atoms with Crippen molar-refractivity contribution in [1.82, 2.24) is 5.32 Å². The highest BCUT2D eigenvalue weighted by molar-refractivity contribution is 5.84. The molecule has 1 heterocycles. The second kappa shape index (κ2) is 8.42. The van der Waals surface area contributed by atoms with Gasteiger partial charge in [-0.25, -0.2) is 0 Å². The van der Waals surface area contributed by atoms with Crippen LogP contribution in [0.1, 0.15) is 19.4 Å². The van der Waals surface area contributed by atoms with Crippen molar-refractivity contribution in [3.8, 4) is 11.5 Å². The first kappa shape index (κ1) is 19.9. The Labute approximate surface area is 166 Å². The van der Waals surface area contributed by atoms with E-state index in [1.807, 2.05) is 30.3 Å². The molecule has 3 rings (SSSR count). The van der Waals surface area contributed by atoms with Gasteiger partial charge in [0.25, 0.3) is 0 Å². The minimum atomic E-state index is -0.0890. The number of anilines is 2. The molecule has 6 heteroatoms. The fraction of sp³-hybridized carbons (Fsp3) is 0.409. The fourth-order valence-electron chi connectivity index (χ4n) is 3.57. The van der Waals surface area contributed by atoms with Gasteiger partial charge in [-0.2, -0.15) is 0 Å². The average Bonchev–Trinajstić information content (AvgIpc) is 2.67. The van der Waals surface area contributed by atoms with E-state index < -0.39 is 0 Å². The molecule has 0 bridgehead atoms. The number of amides is 1. The number of nitrogens with one attached hydrogen (secondary N) is 2. The highest BCUT2D eigenvalue weighted by Gasteiger charge is 2.30. The molecule has 2 aromatic carbocycles. The van der Waals surface area contributed by atoms with Gasteiger partial charge in [0.1, 0.15) is 0 Å². The summed E-state index contributed by atoms with van der Waals surface area (Å²) >= 11 is 0. The van der Waals surface area contributed by atoms with E-state index in [1.165, 1.54) is 0 Å². The number of ether oxygens (including phenoxy) is 2. The number of rotatable bonds is 7. The van der Waals surface area contributed by atoms with Crippen molar-refractivity contribution in [3.05, 3.63) is 48.0 Å². The van der Waals surface area contributed by atoms with Crippen LogP contribution in [0, 0.1) is 0 Å². The van der Waals surface area contributed by atoms with Gasteiger partial charge in [-0.05, 0) is 50.1 Å². The highest BCUT2D eigenvalue weighted by atomic mass is 16.5. The lowest BCUT2D eigenvalue weighted by atomic mass is 9.99. The number of nitrogens with zero attached hydrogens (tertiary/aromatic N) is 1. The molecule has 1 aliphatic rings. The minimum absolute atomic E-state index is 0.0213. The molecule has 6 nitrogen and oxygen atoms in total. The predicted octanol–water partition coefficient (Wildman–Crippen LogP) is 3.07. The van der Waals surface area contributed by atoms with E-state index in [-0.39, 0.29) is 11.4 Å². The number of fused-ring (bicyclic) bond motifs is 1. The molecule has 0 fully saturated rings. The van der Waals surface area contributed by atoms with Crippen LogP contribution in [0.15, 0.2) is 42.5 Å². The zero-order valence-electron chi connectivity index (χ0n) is 17.0. The van der Waals surface area contributed by atoms with Gasteiger partial charge in [0.15, 0.2) is 11.5 Å². The van der Waals surface area contributed by atoms with Crippen molar-refractivity contribution in [2.45, 2.75) is 25.8 Å². The SMILES string of the molecule is COc1ccc(CCNC(=O)CN2CC(C)(C)Nc3ccccc32)cc1OC. The summed E-state index contributed by atoms with van der Waals surface area (Å²) in [6, 6.07) is 13.9. The van der Waals surface area contributed by atoms with Crippen molar-refractivity contribution in [1.29, 1.82) is 0 Å². The third kappa shape index (κ3) is 4.68. The molecule has 0 unspecified atom stereocenters. The largest absolute Gasteiger partial charge is 0.493 e. The van der Waals surface area contributed by atoms with Gasteiger partial charge in [-0.15, -0.1) is 0 Å². The molecule has 0 saturated heterocycles. The van der Waals surface area contributed by atoms with Crippen LogP contribution in [-0.4, -0.2) is 45.3 Å². The van der Waals surface area contributed by atoms with E-state index in [0.717, 1.165) is 29.9 Å². The Balaban J connectivity index is 1.56. The standard InChI is InChI=1S/C22H29N3O3/c1-22(2)15-25(18-8-6-5-7-17(18)24-22)14-21(26)23-12-11-16-9-10-19(27-3)20(13-16)28-4/h5-10,13,24H,11-12,14-15H2,1-4H3,(H,23,26). The Hall–Kier alpha value is -2.89. The van der Waals surface area contributed by atoms with Crippen LogP contribution in [0.25, 0.3) is 0 Å². The first-order chi connectivity index (χ1) is 13.4. The summed E-state index contributed by atoms with van der Waals surface area (Å²) in [5.74, 6) is 1.43. The van der Waals surface area contributed by atoms with Crippen molar-refractivity contribution in [2.75, 3.05) is 44.1 Å². The Kier molecular flexibility index (Phi) is 5.97. The smallest absolute Gasteiger partial charge is 0.239 e. The van der Waals surface area contributed by atoms with Crippen LogP contribution in [-0.2, 0) is 11.2 Å². The van der Waals surface area contributed by atoms with E-state index in [9.17, 15) is 4.79 Å². The van der Waals surface area contributed by atoms with E-state index in [0.29, 0.717) is 24.6 Å². The van der Waals surface area contributed by atoms with Crippen LogP contribution in [0.4, 0.5) is 11.4 Å². The van der Waals surface area contributed by atoms with Crippen molar-refractivity contribution in [2.24, 2.45) is 0 Å². The molecule has 1 amide bonds. The van der Waals surface area contributed by atoms with E-state index in [2.05, 4.69) is 41.5 Å². The second-order valence-corrected chi connectivity index (χ2v) is 7.67. The van der Waals surface area contributed by atoms with Gasteiger partial charge in [-0.3, -0.25) is 4.79 Å². The number of para-hydroxylation sites is 2. The molecule has 150 valence electrons. The molecule has 1 aliphatic heterocycles. The molecule has 0 atom stereocenters. The lowest BCUT2D eigenvalue weighted by Crippen LogP contribution is -2.51. The minimum Gasteiger partial charge on any atom is -0.493 e. The van der Waals surface area contributed by atoms with Crippen LogP contribution in [0.3, 0.4) is 0 Å². The number of hydrogen-bond donors (Lipinski definition) is 2. The molecular weight excluding hydrogens is 354 g/mol. The Morgan fingerprint density at radius 1 is 1.14 bits per heavy atom. The Morgan fingerprint density at radius 3 is 2.64 bits per heavy atom. The maximum Gasteiger partial charge on any atom is 0.239 e. The van der Waals surface area contributed by atoms with Gasteiger partial charge in [0, 0.05) is 18.6 Å². The van der Waals surface area contributed by atoms with E-state index >= 15 is 0 Å². The summed E-state index contributed by atoms with van der Waals surface area (Å²) < 4.78 is 10.6. The summed E-state index contributed by atoms with van der Waals surface area (Å²) in [7, 11) is 3.24. The normalized spacial score (nSPS) is 14.6.